The lowest BCUT2D eigenvalue weighted by molar-refractivity contribution is 0.0294. The Hall–Kier alpha value is -1.63. The summed E-state index contributed by atoms with van der Waals surface area (Å²) >= 11 is 12.2. The molecule has 1 saturated carbocycles. The Balaban J connectivity index is 1.19. The number of piperidine rings is 1. The fraction of sp³-hybridized carbons (Fsp3) is 0.600. The van der Waals surface area contributed by atoms with E-state index in [9.17, 15) is 4.39 Å². The van der Waals surface area contributed by atoms with Gasteiger partial charge in [0.2, 0.25) is 5.95 Å². The second kappa shape index (κ2) is 9.55. The third-order valence-corrected chi connectivity index (χ3v) is 8.24. The molecule has 3 heterocycles. The first-order chi connectivity index (χ1) is 15.9. The molecule has 3 fully saturated rings. The summed E-state index contributed by atoms with van der Waals surface area (Å²) in [6.45, 7) is 8.73. The highest BCUT2D eigenvalue weighted by molar-refractivity contribution is 6.32. The van der Waals surface area contributed by atoms with Gasteiger partial charge in [0.15, 0.2) is 5.82 Å². The summed E-state index contributed by atoms with van der Waals surface area (Å²) in [6, 6.07) is 5.20. The van der Waals surface area contributed by atoms with E-state index in [-0.39, 0.29) is 11.9 Å². The van der Waals surface area contributed by atoms with Gasteiger partial charge in [-0.15, -0.1) is 0 Å². The van der Waals surface area contributed by atoms with E-state index in [1.807, 2.05) is 6.92 Å². The van der Waals surface area contributed by atoms with Crippen LogP contribution in [0.3, 0.4) is 0 Å². The highest BCUT2D eigenvalue weighted by atomic mass is 35.5. The Kier molecular flexibility index (Phi) is 6.69. The Morgan fingerprint density at radius 3 is 2.67 bits per heavy atom. The number of nitrogens with one attached hydrogen (secondary N) is 1. The second-order valence-corrected chi connectivity index (χ2v) is 11.0. The molecule has 1 aromatic carbocycles. The molecule has 5 nitrogen and oxygen atoms in total. The minimum atomic E-state index is -0.351. The topological polar surface area (TPSA) is 44.3 Å². The zero-order valence-electron chi connectivity index (χ0n) is 19.3. The Morgan fingerprint density at radius 1 is 1.15 bits per heavy atom. The third kappa shape index (κ3) is 4.94. The number of hydrogen-bond acceptors (Lipinski definition) is 5. The van der Waals surface area contributed by atoms with Crippen LogP contribution in [0.5, 0.6) is 0 Å². The highest BCUT2D eigenvalue weighted by Crippen LogP contribution is 2.38. The fourth-order valence-electron chi connectivity index (χ4n) is 5.64. The van der Waals surface area contributed by atoms with Crippen molar-refractivity contribution in [2.75, 3.05) is 36.4 Å². The molecule has 0 amide bonds. The lowest BCUT2D eigenvalue weighted by Gasteiger charge is -2.50. The van der Waals surface area contributed by atoms with Crippen LogP contribution in [-0.2, 0) is 0 Å². The monoisotopic (exact) mass is 491 g/mol. The maximum atomic E-state index is 14.3. The van der Waals surface area contributed by atoms with Crippen molar-refractivity contribution in [1.82, 2.24) is 14.9 Å². The molecular weight excluding hydrogens is 460 g/mol. The summed E-state index contributed by atoms with van der Waals surface area (Å²) in [5, 5.41) is 4.04. The summed E-state index contributed by atoms with van der Waals surface area (Å²) in [5.41, 5.74) is 0.516. The normalized spacial score (nSPS) is 27.1. The van der Waals surface area contributed by atoms with E-state index in [2.05, 4.69) is 32.0 Å². The number of nitrogens with zero attached hydrogens (tertiary/aromatic N) is 4. The fourth-order valence-corrected chi connectivity index (χ4v) is 5.94. The number of anilines is 2. The third-order valence-electron chi connectivity index (χ3n) is 7.73. The van der Waals surface area contributed by atoms with Crippen molar-refractivity contribution in [1.29, 1.82) is 0 Å². The molecule has 5 rings (SSSR count). The molecule has 8 heteroatoms. The summed E-state index contributed by atoms with van der Waals surface area (Å²) in [4.78, 5) is 14.1. The van der Waals surface area contributed by atoms with Gasteiger partial charge in [-0.1, -0.05) is 36.2 Å². The van der Waals surface area contributed by atoms with E-state index in [0.717, 1.165) is 31.0 Å². The van der Waals surface area contributed by atoms with Crippen molar-refractivity contribution >= 4 is 35.0 Å². The van der Waals surface area contributed by atoms with Crippen LogP contribution in [0.25, 0.3) is 0 Å². The molecule has 0 bridgehead atoms. The predicted molar refractivity (Wildman–Crippen MR) is 133 cm³/mol. The van der Waals surface area contributed by atoms with E-state index in [1.165, 1.54) is 44.8 Å². The lowest BCUT2D eigenvalue weighted by atomic mass is 9.76. The maximum Gasteiger partial charge on any atom is 0.227 e. The average Bonchev–Trinajstić information content (AvgIpc) is 2.73. The summed E-state index contributed by atoms with van der Waals surface area (Å²) in [5.74, 6) is 3.22. The van der Waals surface area contributed by atoms with Crippen LogP contribution < -0.4 is 10.2 Å². The van der Waals surface area contributed by atoms with E-state index in [1.54, 1.807) is 18.3 Å². The van der Waals surface area contributed by atoms with Gasteiger partial charge in [0.25, 0.3) is 0 Å². The van der Waals surface area contributed by atoms with Gasteiger partial charge in [-0.3, -0.25) is 0 Å². The molecule has 1 N–H and O–H groups in total. The zero-order chi connectivity index (χ0) is 23.1. The van der Waals surface area contributed by atoms with Gasteiger partial charge >= 0.3 is 0 Å². The summed E-state index contributed by atoms with van der Waals surface area (Å²) in [6.07, 6.45) is 7.02. The SMILES string of the molecule is CC1CC(N2CCC[C@H](C3CN(c4ncc(Cl)c(NC(C)c5ccc(Cl)cc5F)n4)C3)C2)C1. The molecule has 2 atom stereocenters. The molecule has 1 unspecified atom stereocenters. The number of likely N-dealkylation sites (tertiary alicyclic amines) is 1. The molecule has 1 aliphatic carbocycles. The maximum absolute atomic E-state index is 14.3. The molecule has 2 saturated heterocycles. The van der Waals surface area contributed by atoms with E-state index in [4.69, 9.17) is 23.2 Å². The van der Waals surface area contributed by atoms with Crippen LogP contribution in [0.15, 0.2) is 24.4 Å². The van der Waals surface area contributed by atoms with Gasteiger partial charge in [0, 0.05) is 36.3 Å². The van der Waals surface area contributed by atoms with Crippen molar-refractivity contribution in [3.63, 3.8) is 0 Å². The van der Waals surface area contributed by atoms with Crippen LogP contribution in [0, 0.1) is 23.6 Å². The number of hydrogen-bond donors (Lipinski definition) is 1. The van der Waals surface area contributed by atoms with Crippen molar-refractivity contribution < 1.29 is 4.39 Å². The molecule has 178 valence electrons. The number of benzene rings is 1. The smallest absolute Gasteiger partial charge is 0.227 e. The van der Waals surface area contributed by atoms with Crippen LogP contribution in [0.2, 0.25) is 10.0 Å². The largest absolute Gasteiger partial charge is 0.362 e. The van der Waals surface area contributed by atoms with Crippen LogP contribution in [0.4, 0.5) is 16.2 Å². The Morgan fingerprint density at radius 2 is 1.94 bits per heavy atom. The van der Waals surface area contributed by atoms with Crippen molar-refractivity contribution in [2.45, 2.75) is 51.6 Å². The summed E-state index contributed by atoms with van der Waals surface area (Å²) in [7, 11) is 0. The molecular formula is C25H32Cl2FN5. The number of rotatable bonds is 6. The molecule has 2 aromatic rings. The summed E-state index contributed by atoms with van der Waals surface area (Å²) < 4.78 is 14.3. The molecule has 0 radical (unpaired) electrons. The van der Waals surface area contributed by atoms with Gasteiger partial charge in [-0.05, 0) is 69.0 Å². The number of halogens is 3. The first-order valence-corrected chi connectivity index (χ1v) is 12.9. The molecule has 3 aliphatic rings. The minimum absolute atomic E-state index is 0.311. The van der Waals surface area contributed by atoms with Gasteiger partial charge in [-0.25, -0.2) is 9.37 Å². The van der Waals surface area contributed by atoms with E-state index < -0.39 is 0 Å². The zero-order valence-corrected chi connectivity index (χ0v) is 20.8. The van der Waals surface area contributed by atoms with Crippen molar-refractivity contribution in [3.8, 4) is 0 Å². The average molecular weight is 492 g/mol. The van der Waals surface area contributed by atoms with Gasteiger partial charge in [0.05, 0.1) is 12.2 Å². The predicted octanol–water partition coefficient (Wildman–Crippen LogP) is 6.04. The van der Waals surface area contributed by atoms with Crippen LogP contribution in [0.1, 0.15) is 51.1 Å². The van der Waals surface area contributed by atoms with Crippen molar-refractivity contribution in [2.24, 2.45) is 17.8 Å². The highest BCUT2D eigenvalue weighted by Gasteiger charge is 2.40. The van der Waals surface area contributed by atoms with Crippen LogP contribution in [-0.4, -0.2) is 47.1 Å². The molecule has 1 aromatic heterocycles. The van der Waals surface area contributed by atoms with Crippen molar-refractivity contribution in [3.05, 3.63) is 45.8 Å². The Bertz CT molecular complexity index is 993. The second-order valence-electron chi connectivity index (χ2n) is 10.2. The quantitative estimate of drug-likeness (QED) is 0.533. The molecule has 0 spiro atoms. The lowest BCUT2D eigenvalue weighted by Crippen LogP contribution is -2.56. The van der Waals surface area contributed by atoms with Crippen LogP contribution >= 0.6 is 23.2 Å². The minimum Gasteiger partial charge on any atom is -0.362 e. The van der Waals surface area contributed by atoms with E-state index >= 15 is 0 Å². The van der Waals surface area contributed by atoms with E-state index in [0.29, 0.717) is 33.3 Å². The van der Waals surface area contributed by atoms with Gasteiger partial charge in [0.1, 0.15) is 10.8 Å². The van der Waals surface area contributed by atoms with Gasteiger partial charge in [-0.2, -0.15) is 4.98 Å². The molecule has 33 heavy (non-hydrogen) atoms. The first kappa shape index (κ1) is 23.1. The van der Waals surface area contributed by atoms with Gasteiger partial charge < -0.3 is 15.1 Å². The Labute approximate surface area is 205 Å². The number of aromatic nitrogens is 2. The molecule has 2 aliphatic heterocycles. The first-order valence-electron chi connectivity index (χ1n) is 12.1. The standard InChI is InChI=1S/C25H32Cl2FN5/c1-15-8-20(9-15)32-7-3-4-17(12-32)18-13-33(14-18)25-29-11-22(27)24(31-25)30-16(2)21-6-5-19(26)10-23(21)28/h5-6,10-11,15-18,20H,3-4,7-9,12-14H2,1-2H3,(H,29,30,31)/t15?,16?,17-,20?/m0/s1.